The zero-order chi connectivity index (χ0) is 10.5. The number of anilines is 1. The molecule has 0 spiro atoms. The largest absolute Gasteiger partial charge is 0.373 e. The summed E-state index contributed by atoms with van der Waals surface area (Å²) in [6.07, 6.45) is 0. The standard InChI is InChI=1S/C12H18N2S/c1-14(12-5-3-2-4-6-12)9-11-10-15-8-7-13-11/h2-6,11,13H,7-10H2,1H3. The fourth-order valence-electron chi connectivity index (χ4n) is 1.86. The summed E-state index contributed by atoms with van der Waals surface area (Å²) < 4.78 is 0. The van der Waals surface area contributed by atoms with E-state index in [4.69, 9.17) is 0 Å². The van der Waals surface area contributed by atoms with Crippen molar-refractivity contribution in [1.82, 2.24) is 5.32 Å². The van der Waals surface area contributed by atoms with Gasteiger partial charge >= 0.3 is 0 Å². The van der Waals surface area contributed by atoms with E-state index in [2.05, 4.69) is 59.4 Å². The van der Waals surface area contributed by atoms with Gasteiger partial charge in [0.15, 0.2) is 0 Å². The number of benzene rings is 1. The van der Waals surface area contributed by atoms with Gasteiger partial charge in [0.05, 0.1) is 0 Å². The molecule has 15 heavy (non-hydrogen) atoms. The summed E-state index contributed by atoms with van der Waals surface area (Å²) in [6.45, 7) is 2.25. The van der Waals surface area contributed by atoms with Crippen LogP contribution in [0.4, 0.5) is 5.69 Å². The van der Waals surface area contributed by atoms with Crippen LogP contribution in [0.15, 0.2) is 30.3 Å². The van der Waals surface area contributed by atoms with Crippen LogP contribution in [0.2, 0.25) is 0 Å². The van der Waals surface area contributed by atoms with E-state index < -0.39 is 0 Å². The minimum absolute atomic E-state index is 0.633. The lowest BCUT2D eigenvalue weighted by atomic mass is 10.2. The molecule has 82 valence electrons. The summed E-state index contributed by atoms with van der Waals surface area (Å²) in [5, 5.41) is 3.56. The highest BCUT2D eigenvalue weighted by atomic mass is 32.2. The monoisotopic (exact) mass is 222 g/mol. The number of hydrogen-bond acceptors (Lipinski definition) is 3. The van der Waals surface area contributed by atoms with Crippen LogP contribution in [0.1, 0.15) is 0 Å². The Labute approximate surface area is 96.0 Å². The van der Waals surface area contributed by atoms with Crippen molar-refractivity contribution in [2.75, 3.05) is 36.5 Å². The van der Waals surface area contributed by atoms with Gasteiger partial charge in [0.1, 0.15) is 0 Å². The van der Waals surface area contributed by atoms with Gasteiger partial charge in [0.2, 0.25) is 0 Å². The third-order valence-corrected chi connectivity index (χ3v) is 3.82. The first-order valence-corrected chi connectivity index (χ1v) is 6.59. The molecule has 2 nitrogen and oxygen atoms in total. The van der Waals surface area contributed by atoms with Crippen LogP contribution in [-0.2, 0) is 0 Å². The molecule has 0 aliphatic carbocycles. The topological polar surface area (TPSA) is 15.3 Å². The molecule has 1 N–H and O–H groups in total. The van der Waals surface area contributed by atoms with E-state index in [0.717, 1.165) is 13.1 Å². The Morgan fingerprint density at radius 3 is 2.87 bits per heavy atom. The molecule has 3 heteroatoms. The summed E-state index contributed by atoms with van der Waals surface area (Å²) in [5.74, 6) is 2.49. The normalized spacial score (nSPS) is 21.3. The minimum atomic E-state index is 0.633. The summed E-state index contributed by atoms with van der Waals surface area (Å²) >= 11 is 2.05. The van der Waals surface area contributed by atoms with Crippen molar-refractivity contribution in [1.29, 1.82) is 0 Å². The quantitative estimate of drug-likeness (QED) is 0.840. The lowest BCUT2D eigenvalue weighted by Crippen LogP contribution is -2.45. The molecule has 1 aromatic rings. The van der Waals surface area contributed by atoms with Gasteiger partial charge in [0.25, 0.3) is 0 Å². The van der Waals surface area contributed by atoms with Gasteiger partial charge in [-0.15, -0.1) is 0 Å². The molecule has 1 fully saturated rings. The number of rotatable bonds is 3. The molecule has 1 aliphatic heterocycles. The smallest absolute Gasteiger partial charge is 0.0364 e. The Morgan fingerprint density at radius 2 is 2.20 bits per heavy atom. The maximum Gasteiger partial charge on any atom is 0.0364 e. The highest BCUT2D eigenvalue weighted by Crippen LogP contribution is 2.14. The second-order valence-corrected chi connectivity index (χ2v) is 5.09. The average Bonchev–Trinajstić information content (AvgIpc) is 2.31. The Bertz CT molecular complexity index is 283. The van der Waals surface area contributed by atoms with E-state index in [0.29, 0.717) is 6.04 Å². The zero-order valence-corrected chi connectivity index (χ0v) is 9.96. The van der Waals surface area contributed by atoms with Crippen LogP contribution < -0.4 is 10.2 Å². The zero-order valence-electron chi connectivity index (χ0n) is 9.15. The lowest BCUT2D eigenvalue weighted by molar-refractivity contribution is 0.562. The second-order valence-electron chi connectivity index (χ2n) is 3.94. The molecule has 0 bridgehead atoms. The first kappa shape index (κ1) is 10.8. The Kier molecular flexibility index (Phi) is 3.92. The molecule has 1 aromatic carbocycles. The molecular formula is C12H18N2S. The summed E-state index contributed by atoms with van der Waals surface area (Å²) in [5.41, 5.74) is 1.30. The molecule has 1 saturated heterocycles. The first-order chi connectivity index (χ1) is 7.36. The average molecular weight is 222 g/mol. The molecule has 0 saturated carbocycles. The fourth-order valence-corrected chi connectivity index (χ4v) is 2.79. The Hall–Kier alpha value is -0.670. The summed E-state index contributed by atoms with van der Waals surface area (Å²) in [6, 6.07) is 11.2. The van der Waals surface area contributed by atoms with Crippen molar-refractivity contribution < 1.29 is 0 Å². The van der Waals surface area contributed by atoms with Crippen molar-refractivity contribution in [2.24, 2.45) is 0 Å². The second kappa shape index (κ2) is 5.42. The van der Waals surface area contributed by atoms with Crippen LogP contribution in [0.5, 0.6) is 0 Å². The van der Waals surface area contributed by atoms with Crippen molar-refractivity contribution in [3.63, 3.8) is 0 Å². The molecule has 1 unspecified atom stereocenters. The fraction of sp³-hybridized carbons (Fsp3) is 0.500. The molecule has 1 atom stereocenters. The molecule has 1 aliphatic rings. The van der Waals surface area contributed by atoms with Crippen LogP contribution in [0.25, 0.3) is 0 Å². The first-order valence-electron chi connectivity index (χ1n) is 5.43. The molecule has 1 heterocycles. The predicted molar refractivity (Wildman–Crippen MR) is 68.8 cm³/mol. The van der Waals surface area contributed by atoms with Crippen LogP contribution >= 0.6 is 11.8 Å². The summed E-state index contributed by atoms with van der Waals surface area (Å²) in [7, 11) is 2.16. The van der Waals surface area contributed by atoms with Crippen LogP contribution in [-0.4, -0.2) is 37.7 Å². The maximum atomic E-state index is 3.56. The molecule has 0 radical (unpaired) electrons. The number of thioether (sulfide) groups is 1. The van der Waals surface area contributed by atoms with Gasteiger partial charge < -0.3 is 10.2 Å². The number of para-hydroxylation sites is 1. The van der Waals surface area contributed by atoms with Crippen molar-refractivity contribution >= 4 is 17.4 Å². The van der Waals surface area contributed by atoms with E-state index in [1.54, 1.807) is 0 Å². The number of likely N-dealkylation sites (N-methyl/N-ethyl adjacent to an activating group) is 1. The van der Waals surface area contributed by atoms with Gasteiger partial charge in [-0.3, -0.25) is 0 Å². The number of nitrogens with zero attached hydrogens (tertiary/aromatic N) is 1. The van der Waals surface area contributed by atoms with E-state index in [-0.39, 0.29) is 0 Å². The number of hydrogen-bond donors (Lipinski definition) is 1. The minimum Gasteiger partial charge on any atom is -0.373 e. The van der Waals surface area contributed by atoms with Gasteiger partial charge in [-0.2, -0.15) is 11.8 Å². The highest BCUT2D eigenvalue weighted by Gasteiger charge is 2.14. The molecular weight excluding hydrogens is 204 g/mol. The Morgan fingerprint density at radius 1 is 1.40 bits per heavy atom. The maximum absolute atomic E-state index is 3.56. The SMILES string of the molecule is CN(CC1CSCCN1)c1ccccc1. The summed E-state index contributed by atoms with van der Waals surface area (Å²) in [4.78, 5) is 2.32. The third-order valence-electron chi connectivity index (χ3n) is 2.69. The van der Waals surface area contributed by atoms with Gasteiger partial charge in [-0.1, -0.05) is 18.2 Å². The molecule has 0 aromatic heterocycles. The van der Waals surface area contributed by atoms with Gasteiger partial charge in [-0.25, -0.2) is 0 Å². The van der Waals surface area contributed by atoms with Crippen LogP contribution in [0, 0.1) is 0 Å². The third kappa shape index (κ3) is 3.14. The van der Waals surface area contributed by atoms with E-state index >= 15 is 0 Å². The van der Waals surface area contributed by atoms with E-state index in [1.165, 1.54) is 17.2 Å². The highest BCUT2D eigenvalue weighted by molar-refractivity contribution is 7.99. The molecule has 0 amide bonds. The van der Waals surface area contributed by atoms with Gasteiger partial charge in [-0.05, 0) is 12.1 Å². The van der Waals surface area contributed by atoms with E-state index in [9.17, 15) is 0 Å². The van der Waals surface area contributed by atoms with Crippen molar-refractivity contribution in [2.45, 2.75) is 6.04 Å². The lowest BCUT2D eigenvalue weighted by Gasteiger charge is -2.29. The van der Waals surface area contributed by atoms with Gasteiger partial charge in [0, 0.05) is 43.4 Å². The van der Waals surface area contributed by atoms with Crippen LogP contribution in [0.3, 0.4) is 0 Å². The molecule has 2 rings (SSSR count). The predicted octanol–water partition coefficient (Wildman–Crippen LogP) is 1.83. The Balaban J connectivity index is 1.88. The van der Waals surface area contributed by atoms with E-state index in [1.807, 2.05) is 0 Å². The van der Waals surface area contributed by atoms with Crippen molar-refractivity contribution in [3.8, 4) is 0 Å². The van der Waals surface area contributed by atoms with Crippen molar-refractivity contribution in [3.05, 3.63) is 30.3 Å². The number of nitrogens with one attached hydrogen (secondary N) is 1.